The summed E-state index contributed by atoms with van der Waals surface area (Å²) in [6.07, 6.45) is 3.44. The maximum atomic E-state index is 12.4. The van der Waals surface area contributed by atoms with E-state index >= 15 is 0 Å². The molecular weight excluding hydrogens is 388 g/mol. The molecule has 0 radical (unpaired) electrons. The van der Waals surface area contributed by atoms with Gasteiger partial charge in [-0.15, -0.1) is 0 Å². The van der Waals surface area contributed by atoms with E-state index < -0.39 is 6.03 Å². The molecule has 0 aliphatic heterocycles. The average Bonchev–Trinajstić information content (AvgIpc) is 3.16. The van der Waals surface area contributed by atoms with Gasteiger partial charge in [0, 0.05) is 48.3 Å². The lowest BCUT2D eigenvalue weighted by molar-refractivity contribution is 0.189. The van der Waals surface area contributed by atoms with Gasteiger partial charge >= 0.3 is 6.03 Å². The number of methoxy groups -OCH3 is 1. The zero-order valence-electron chi connectivity index (χ0n) is 17.7. The normalized spacial score (nSPS) is 12.1. The fourth-order valence-electron chi connectivity index (χ4n) is 4.01. The van der Waals surface area contributed by atoms with Crippen LogP contribution in [0.25, 0.3) is 22.2 Å². The Bertz CT molecular complexity index is 1170. The summed E-state index contributed by atoms with van der Waals surface area (Å²) in [6.45, 7) is 3.30. The molecule has 2 N–H and O–H groups in total. The number of aromatic nitrogens is 2. The van der Waals surface area contributed by atoms with Crippen molar-refractivity contribution in [2.45, 2.75) is 19.5 Å². The van der Waals surface area contributed by atoms with Gasteiger partial charge in [0.15, 0.2) is 0 Å². The van der Waals surface area contributed by atoms with E-state index in [1.165, 1.54) is 0 Å². The number of fused-ring (bicyclic) bond motifs is 1. The van der Waals surface area contributed by atoms with Crippen LogP contribution in [0.1, 0.15) is 18.5 Å². The number of amides is 2. The molecule has 2 amide bonds. The molecule has 2 aromatic heterocycles. The number of hydrogen-bond acceptors (Lipinski definition) is 3. The topological polar surface area (TPSA) is 73.4 Å². The molecule has 0 fully saturated rings. The van der Waals surface area contributed by atoms with Crippen LogP contribution in [-0.2, 0) is 11.3 Å². The number of carbonyl (C=O) groups is 1. The highest BCUT2D eigenvalue weighted by molar-refractivity contribution is 5.96. The van der Waals surface area contributed by atoms with Gasteiger partial charge in [-0.25, -0.2) is 4.79 Å². The quantitative estimate of drug-likeness (QED) is 0.463. The van der Waals surface area contributed by atoms with Gasteiger partial charge in [0.2, 0.25) is 0 Å². The summed E-state index contributed by atoms with van der Waals surface area (Å²) in [4.78, 5) is 18.1. The third kappa shape index (κ3) is 4.15. The number of ether oxygens (including phenoxy) is 1. The smallest absolute Gasteiger partial charge is 0.319 e. The number of urea groups is 1. The number of carbonyl (C=O) groups excluding carboxylic acids is 1. The van der Waals surface area contributed by atoms with Crippen molar-refractivity contribution in [2.24, 2.45) is 5.73 Å². The van der Waals surface area contributed by atoms with E-state index in [2.05, 4.69) is 27.8 Å². The summed E-state index contributed by atoms with van der Waals surface area (Å²) >= 11 is 0. The summed E-state index contributed by atoms with van der Waals surface area (Å²) in [5.41, 5.74) is 10.8. The van der Waals surface area contributed by atoms with Gasteiger partial charge in [-0.3, -0.25) is 9.88 Å². The summed E-state index contributed by atoms with van der Waals surface area (Å²) in [6, 6.07) is 21.5. The van der Waals surface area contributed by atoms with Gasteiger partial charge in [0.05, 0.1) is 12.6 Å². The SMILES string of the molecule is COCCn1c(-c2ccccc2)cc2cc(N(C(N)=O)C(C)c3ccncc3)ccc21. The maximum absolute atomic E-state index is 12.4. The van der Waals surface area contributed by atoms with Gasteiger partial charge < -0.3 is 15.0 Å². The minimum absolute atomic E-state index is 0.220. The van der Waals surface area contributed by atoms with E-state index in [9.17, 15) is 4.79 Å². The van der Waals surface area contributed by atoms with Crippen LogP contribution in [0.3, 0.4) is 0 Å². The molecule has 158 valence electrons. The highest BCUT2D eigenvalue weighted by Crippen LogP contribution is 2.33. The second kappa shape index (κ2) is 9.02. The molecule has 0 aliphatic rings. The highest BCUT2D eigenvalue weighted by Gasteiger charge is 2.22. The van der Waals surface area contributed by atoms with Crippen LogP contribution in [0.4, 0.5) is 10.5 Å². The number of hydrogen-bond donors (Lipinski definition) is 1. The van der Waals surface area contributed by atoms with E-state index in [1.807, 2.05) is 55.5 Å². The van der Waals surface area contributed by atoms with E-state index in [1.54, 1.807) is 24.4 Å². The van der Waals surface area contributed by atoms with Gasteiger partial charge in [0.1, 0.15) is 0 Å². The van der Waals surface area contributed by atoms with Crippen LogP contribution in [0.15, 0.2) is 79.1 Å². The molecule has 2 aromatic carbocycles. The number of rotatable bonds is 7. The molecule has 2 heterocycles. The summed E-state index contributed by atoms with van der Waals surface area (Å²) in [5, 5.41) is 1.04. The lowest BCUT2D eigenvalue weighted by Gasteiger charge is -2.28. The Kier molecular flexibility index (Phi) is 6.00. The number of nitrogens with two attached hydrogens (primary N) is 1. The summed E-state index contributed by atoms with van der Waals surface area (Å²) < 4.78 is 7.58. The van der Waals surface area contributed by atoms with Crippen LogP contribution < -0.4 is 10.6 Å². The van der Waals surface area contributed by atoms with Gasteiger partial charge in [-0.2, -0.15) is 0 Å². The Hall–Kier alpha value is -3.64. The second-order valence-electron chi connectivity index (χ2n) is 7.45. The van der Waals surface area contributed by atoms with Gasteiger partial charge in [-0.05, 0) is 54.4 Å². The van der Waals surface area contributed by atoms with Gasteiger partial charge in [-0.1, -0.05) is 30.3 Å². The number of primary amides is 1. The molecule has 0 spiro atoms. The van der Waals surface area contributed by atoms with Crippen molar-refractivity contribution in [3.8, 4) is 11.3 Å². The number of anilines is 1. The first kappa shape index (κ1) is 20.6. The molecule has 0 bridgehead atoms. The summed E-state index contributed by atoms with van der Waals surface area (Å²) in [7, 11) is 1.71. The number of pyridine rings is 1. The molecule has 4 rings (SSSR count). The van der Waals surface area contributed by atoms with Crippen molar-refractivity contribution in [2.75, 3.05) is 18.6 Å². The predicted molar refractivity (Wildman–Crippen MR) is 124 cm³/mol. The third-order valence-corrected chi connectivity index (χ3v) is 5.56. The Morgan fingerprint density at radius 1 is 1.10 bits per heavy atom. The van der Waals surface area contributed by atoms with Crippen LogP contribution in [0, 0.1) is 0 Å². The molecule has 0 aliphatic carbocycles. The fourth-order valence-corrected chi connectivity index (χ4v) is 4.01. The predicted octanol–water partition coefficient (Wildman–Crippen LogP) is 5.00. The minimum Gasteiger partial charge on any atom is -0.383 e. The Balaban J connectivity index is 1.80. The molecule has 0 saturated heterocycles. The highest BCUT2D eigenvalue weighted by atomic mass is 16.5. The minimum atomic E-state index is -0.495. The maximum Gasteiger partial charge on any atom is 0.319 e. The zero-order chi connectivity index (χ0) is 21.8. The van der Waals surface area contributed by atoms with Crippen LogP contribution >= 0.6 is 0 Å². The van der Waals surface area contributed by atoms with Crippen LogP contribution in [0.2, 0.25) is 0 Å². The van der Waals surface area contributed by atoms with Gasteiger partial charge in [0.25, 0.3) is 0 Å². The third-order valence-electron chi connectivity index (χ3n) is 5.56. The molecular formula is C25H26N4O2. The van der Waals surface area contributed by atoms with Crippen molar-refractivity contribution in [1.29, 1.82) is 0 Å². The monoisotopic (exact) mass is 414 g/mol. The number of nitrogens with zero attached hydrogens (tertiary/aromatic N) is 3. The Labute approximate surface area is 181 Å². The van der Waals surface area contributed by atoms with E-state index in [0.29, 0.717) is 6.61 Å². The van der Waals surface area contributed by atoms with E-state index in [0.717, 1.165) is 40.0 Å². The standard InChI is InChI=1S/C25H26N4O2/c1-18(19-10-12-27-13-11-19)29(25(26)30)22-8-9-23-21(16-22)17-24(28(23)14-15-31-2)20-6-4-3-5-7-20/h3-13,16-18H,14-15H2,1-2H3,(H2,26,30). The molecule has 1 atom stereocenters. The Morgan fingerprint density at radius 2 is 1.84 bits per heavy atom. The lowest BCUT2D eigenvalue weighted by Crippen LogP contribution is -2.37. The van der Waals surface area contributed by atoms with Crippen LogP contribution in [-0.4, -0.2) is 29.3 Å². The zero-order valence-corrected chi connectivity index (χ0v) is 17.7. The van der Waals surface area contributed by atoms with Crippen molar-refractivity contribution in [3.63, 3.8) is 0 Å². The second-order valence-corrected chi connectivity index (χ2v) is 7.45. The van der Waals surface area contributed by atoms with Crippen molar-refractivity contribution >= 4 is 22.6 Å². The molecule has 31 heavy (non-hydrogen) atoms. The molecule has 1 unspecified atom stereocenters. The average molecular weight is 415 g/mol. The molecule has 6 nitrogen and oxygen atoms in total. The van der Waals surface area contributed by atoms with Crippen LogP contribution in [0.5, 0.6) is 0 Å². The molecule has 0 saturated carbocycles. The van der Waals surface area contributed by atoms with E-state index in [4.69, 9.17) is 10.5 Å². The Morgan fingerprint density at radius 3 is 2.52 bits per heavy atom. The fraction of sp³-hybridized carbons (Fsp3) is 0.200. The summed E-state index contributed by atoms with van der Waals surface area (Å²) in [5.74, 6) is 0. The van der Waals surface area contributed by atoms with Crippen molar-refractivity contribution < 1.29 is 9.53 Å². The molecule has 4 aromatic rings. The molecule has 6 heteroatoms. The largest absolute Gasteiger partial charge is 0.383 e. The lowest BCUT2D eigenvalue weighted by atomic mass is 10.1. The van der Waals surface area contributed by atoms with E-state index in [-0.39, 0.29) is 6.04 Å². The van der Waals surface area contributed by atoms with Crippen molar-refractivity contribution in [3.05, 3.63) is 84.7 Å². The first-order valence-electron chi connectivity index (χ1n) is 10.3. The first-order valence-corrected chi connectivity index (χ1v) is 10.3. The number of benzene rings is 2. The van der Waals surface area contributed by atoms with Crippen molar-refractivity contribution in [1.82, 2.24) is 9.55 Å². The first-order chi connectivity index (χ1) is 15.1.